The zero-order chi connectivity index (χ0) is 27.7. The average Bonchev–Trinajstić information content (AvgIpc) is 2.95. The average molecular weight is 591 g/mol. The van der Waals surface area contributed by atoms with E-state index in [4.69, 9.17) is 27.1 Å². The Balaban J connectivity index is 1.35. The molecule has 0 N–H and O–H groups in total. The molecule has 0 aromatic heterocycles. The van der Waals surface area contributed by atoms with Crippen LogP contribution in [0.25, 0.3) is 0 Å². The van der Waals surface area contributed by atoms with Gasteiger partial charge in [-0.3, -0.25) is 0 Å². The third-order valence-electron chi connectivity index (χ3n) is 7.15. The fourth-order valence-corrected chi connectivity index (χ4v) is 7.88. The second kappa shape index (κ2) is 13.9. The van der Waals surface area contributed by atoms with E-state index in [9.17, 15) is 9.13 Å². The van der Waals surface area contributed by atoms with E-state index in [0.717, 1.165) is 77.0 Å². The molecule has 0 aliphatic heterocycles. The normalized spacial score (nSPS) is 20.2. The van der Waals surface area contributed by atoms with Crippen LogP contribution in [-0.4, -0.2) is 0 Å². The number of benzene rings is 1. The van der Waals surface area contributed by atoms with Gasteiger partial charge in [0.25, 0.3) is 0 Å². The van der Waals surface area contributed by atoms with Crippen LogP contribution < -0.4 is 9.05 Å². The Morgan fingerprint density at radius 3 is 1.05 bits per heavy atom. The van der Waals surface area contributed by atoms with Crippen LogP contribution in [0.1, 0.15) is 103 Å². The molecule has 0 bridgehead atoms. The van der Waals surface area contributed by atoms with Gasteiger partial charge in [-0.2, -0.15) is 9.13 Å². The molecule has 1 aromatic carbocycles. The lowest BCUT2D eigenvalue weighted by molar-refractivity contribution is 0.206. The van der Waals surface area contributed by atoms with E-state index in [1.165, 1.54) is 6.07 Å². The van der Waals surface area contributed by atoms with Gasteiger partial charge in [0, 0.05) is 31.7 Å². The highest BCUT2D eigenvalue weighted by Crippen LogP contribution is 2.57. The van der Waals surface area contributed by atoms with Crippen LogP contribution in [0, 0.1) is 0 Å². The van der Waals surface area contributed by atoms with Crippen LogP contribution in [-0.2, 0) is 27.2 Å². The van der Waals surface area contributed by atoms with Gasteiger partial charge >= 0.3 is 15.6 Å². The van der Waals surface area contributed by atoms with Gasteiger partial charge in [-0.25, -0.2) is 0 Å². The van der Waals surface area contributed by atoms with Gasteiger partial charge in [-0.15, -0.1) is 0 Å². The van der Waals surface area contributed by atoms with E-state index < -0.39 is 15.6 Å². The summed E-state index contributed by atoms with van der Waals surface area (Å²) < 4.78 is 63.3. The number of phosphoric ester groups is 2. The van der Waals surface area contributed by atoms with Crippen LogP contribution in [0.2, 0.25) is 0 Å². The Hall–Kier alpha value is -2.56. The zero-order valence-corrected chi connectivity index (χ0v) is 24.9. The Bertz CT molecular complexity index is 1090. The van der Waals surface area contributed by atoms with Crippen molar-refractivity contribution in [3.8, 4) is 11.5 Å². The Morgan fingerprint density at radius 2 is 0.775 bits per heavy atom. The molecule has 0 spiro atoms. The van der Waals surface area contributed by atoms with Crippen molar-refractivity contribution in [3.63, 3.8) is 0 Å². The van der Waals surface area contributed by atoms with Gasteiger partial charge in [-0.05, 0) is 113 Å². The van der Waals surface area contributed by atoms with E-state index in [0.29, 0.717) is 48.7 Å². The molecular formula is C30H40O8P2. The summed E-state index contributed by atoms with van der Waals surface area (Å²) in [6.07, 6.45) is 22.1. The first-order valence-electron chi connectivity index (χ1n) is 14.7. The van der Waals surface area contributed by atoms with E-state index in [-0.39, 0.29) is 11.5 Å². The molecule has 218 valence electrons. The molecule has 40 heavy (non-hydrogen) atoms. The summed E-state index contributed by atoms with van der Waals surface area (Å²) in [5.74, 6) is 2.87. The lowest BCUT2D eigenvalue weighted by Gasteiger charge is -2.25. The number of rotatable bonds is 12. The topological polar surface area (TPSA) is 89.5 Å². The van der Waals surface area contributed by atoms with Crippen LogP contribution >= 0.6 is 15.6 Å². The summed E-state index contributed by atoms with van der Waals surface area (Å²) >= 11 is 0. The summed E-state index contributed by atoms with van der Waals surface area (Å²) in [5, 5.41) is 0. The minimum atomic E-state index is -4.05. The van der Waals surface area contributed by atoms with E-state index in [1.807, 2.05) is 24.3 Å². The summed E-state index contributed by atoms with van der Waals surface area (Å²) in [4.78, 5) is 0. The molecule has 0 fully saturated rings. The van der Waals surface area contributed by atoms with Crippen molar-refractivity contribution in [1.29, 1.82) is 0 Å². The van der Waals surface area contributed by atoms with Gasteiger partial charge in [0.15, 0.2) is 0 Å². The molecule has 0 unspecified atom stereocenters. The van der Waals surface area contributed by atoms with Gasteiger partial charge in [-0.1, -0.05) is 6.07 Å². The molecule has 4 aliphatic carbocycles. The molecule has 4 aliphatic rings. The van der Waals surface area contributed by atoms with Gasteiger partial charge in [0.2, 0.25) is 0 Å². The standard InChI is InChI=1S/C30H40O8P2/c31-39(33-25-14-5-1-6-15-25,34-26-16-7-2-8-17-26)37-29-22-13-23-30(24-29)38-40(32,35-27-18-9-3-10-19-27)36-28-20-11-4-12-21-28/h13-14,16,18,20,22-24H,1-12,15,17,19,21H2. The molecule has 0 saturated heterocycles. The molecule has 1 aromatic rings. The Labute approximate surface area is 237 Å². The minimum absolute atomic E-state index is 0.203. The third kappa shape index (κ3) is 8.72. The fraction of sp³-hybridized carbons (Fsp3) is 0.533. The number of hydrogen-bond donors (Lipinski definition) is 0. The van der Waals surface area contributed by atoms with E-state index >= 15 is 0 Å². The minimum Gasteiger partial charge on any atom is -0.391 e. The summed E-state index contributed by atoms with van der Waals surface area (Å²) in [6, 6.07) is 6.44. The quantitative estimate of drug-likeness (QED) is 0.222. The first kappa shape index (κ1) is 29.0. The molecule has 0 amide bonds. The molecule has 0 radical (unpaired) electrons. The van der Waals surface area contributed by atoms with Crippen molar-refractivity contribution >= 4 is 15.6 Å². The molecule has 0 heterocycles. The van der Waals surface area contributed by atoms with Crippen LogP contribution in [0.15, 0.2) is 71.6 Å². The highest BCUT2D eigenvalue weighted by Gasteiger charge is 2.37. The highest BCUT2D eigenvalue weighted by atomic mass is 31.2. The predicted octanol–water partition coefficient (Wildman–Crippen LogP) is 10.6. The maximum absolute atomic E-state index is 13.9. The van der Waals surface area contributed by atoms with E-state index in [2.05, 4.69) is 0 Å². The fourth-order valence-electron chi connectivity index (χ4n) is 5.10. The lowest BCUT2D eigenvalue weighted by atomic mass is 10.1. The van der Waals surface area contributed by atoms with Crippen LogP contribution in [0.5, 0.6) is 11.5 Å². The first-order chi connectivity index (χ1) is 19.5. The van der Waals surface area contributed by atoms with Crippen molar-refractivity contribution in [2.75, 3.05) is 0 Å². The third-order valence-corrected chi connectivity index (χ3v) is 9.85. The van der Waals surface area contributed by atoms with Crippen molar-refractivity contribution in [1.82, 2.24) is 0 Å². The molecule has 10 heteroatoms. The van der Waals surface area contributed by atoms with Crippen molar-refractivity contribution in [2.24, 2.45) is 0 Å². The monoisotopic (exact) mass is 590 g/mol. The van der Waals surface area contributed by atoms with E-state index in [1.54, 1.807) is 18.2 Å². The van der Waals surface area contributed by atoms with Crippen LogP contribution in [0.3, 0.4) is 0 Å². The van der Waals surface area contributed by atoms with Crippen molar-refractivity contribution in [2.45, 2.75) is 103 Å². The zero-order valence-electron chi connectivity index (χ0n) is 23.1. The molecule has 0 saturated carbocycles. The molecule has 8 nitrogen and oxygen atoms in total. The van der Waals surface area contributed by atoms with Crippen molar-refractivity contribution < 1.29 is 36.3 Å². The van der Waals surface area contributed by atoms with Crippen LogP contribution in [0.4, 0.5) is 0 Å². The second-order valence-electron chi connectivity index (χ2n) is 10.6. The number of hydrogen-bond acceptors (Lipinski definition) is 8. The summed E-state index contributed by atoms with van der Waals surface area (Å²) in [6.45, 7) is 0. The highest BCUT2D eigenvalue weighted by molar-refractivity contribution is 7.49. The van der Waals surface area contributed by atoms with Crippen molar-refractivity contribution in [3.05, 3.63) is 71.6 Å². The SMILES string of the molecule is O=P(OC1=CCCCC1)(OC1=CCCCC1)Oc1cccc(OP(=O)(OC2=CCCCC2)OC2=CCCCC2)c1. The lowest BCUT2D eigenvalue weighted by Crippen LogP contribution is -2.07. The molecular weight excluding hydrogens is 550 g/mol. The summed E-state index contributed by atoms with van der Waals surface area (Å²) in [5.41, 5.74) is 0. The second-order valence-corrected chi connectivity index (χ2v) is 13.5. The molecule has 5 rings (SSSR count). The Kier molecular flexibility index (Phi) is 10.0. The maximum Gasteiger partial charge on any atom is 0.646 e. The van der Waals surface area contributed by atoms with Gasteiger partial charge < -0.3 is 27.1 Å². The van der Waals surface area contributed by atoms with Gasteiger partial charge in [0.1, 0.15) is 34.5 Å². The predicted molar refractivity (Wildman–Crippen MR) is 153 cm³/mol. The largest absolute Gasteiger partial charge is 0.646 e. The number of allylic oxidation sites excluding steroid dienone is 8. The van der Waals surface area contributed by atoms with Gasteiger partial charge in [0.05, 0.1) is 0 Å². The smallest absolute Gasteiger partial charge is 0.391 e. The number of phosphoric acid groups is 2. The maximum atomic E-state index is 13.9. The molecule has 0 atom stereocenters. The summed E-state index contributed by atoms with van der Waals surface area (Å²) in [7, 11) is -8.10. The first-order valence-corrected chi connectivity index (χ1v) is 17.6. The Morgan fingerprint density at radius 1 is 0.450 bits per heavy atom.